The maximum absolute atomic E-state index is 13.1. The van der Waals surface area contributed by atoms with Gasteiger partial charge in [-0.05, 0) is 36.2 Å². The number of hydrogen-bond donors (Lipinski definition) is 3. The second-order valence-corrected chi connectivity index (χ2v) is 12.4. The van der Waals surface area contributed by atoms with Crippen LogP contribution in [0.2, 0.25) is 0 Å². The summed E-state index contributed by atoms with van der Waals surface area (Å²) >= 11 is 0.625. The number of hydrogen-bond acceptors (Lipinski definition) is 9. The van der Waals surface area contributed by atoms with Gasteiger partial charge < -0.3 is 19.7 Å². The summed E-state index contributed by atoms with van der Waals surface area (Å²) in [5.74, 6) is -3.68. The molecule has 0 bridgehead atoms. The van der Waals surface area contributed by atoms with Crippen LogP contribution < -0.4 is 10.0 Å². The number of halogens is 3. The Balaban J connectivity index is 1.29. The molecule has 2 aromatic heterocycles. The number of ether oxygens (including phenoxy) is 1. The fourth-order valence-electron chi connectivity index (χ4n) is 4.47. The van der Waals surface area contributed by atoms with Crippen molar-refractivity contribution in [2.45, 2.75) is 28.3 Å². The molecule has 0 radical (unpaired) electrons. The first-order valence-corrected chi connectivity index (χ1v) is 14.3. The van der Waals surface area contributed by atoms with Crippen LogP contribution in [0.15, 0.2) is 51.2 Å². The largest absolute Gasteiger partial charge is 0.480 e. The maximum Gasteiger partial charge on any atom is 0.452 e. The summed E-state index contributed by atoms with van der Waals surface area (Å²) in [6.07, 6.45) is -4.79. The minimum Gasteiger partial charge on any atom is -0.480 e. The van der Waals surface area contributed by atoms with E-state index < -0.39 is 39.4 Å². The van der Waals surface area contributed by atoms with E-state index in [2.05, 4.69) is 19.7 Å². The first-order chi connectivity index (χ1) is 18.9. The smallest absolute Gasteiger partial charge is 0.452 e. The van der Waals surface area contributed by atoms with Crippen molar-refractivity contribution >= 4 is 38.9 Å². The molecular formula is C24H23F3N4O7S2. The Hall–Kier alpha value is -3.31. The van der Waals surface area contributed by atoms with Gasteiger partial charge >= 0.3 is 12.1 Å². The molecule has 1 saturated heterocycles. The van der Waals surface area contributed by atoms with Gasteiger partial charge in [0.05, 0.1) is 24.6 Å². The van der Waals surface area contributed by atoms with E-state index in [0.29, 0.717) is 55.0 Å². The summed E-state index contributed by atoms with van der Waals surface area (Å²) in [4.78, 5) is 26.8. The van der Waals surface area contributed by atoms with Crippen molar-refractivity contribution in [3.63, 3.8) is 0 Å². The molecule has 2 aliphatic rings. The minimum absolute atomic E-state index is 0.0385. The van der Waals surface area contributed by atoms with Crippen LogP contribution >= 0.6 is 11.3 Å². The number of amides is 1. The normalized spacial score (nSPS) is 21.7. The first-order valence-electron chi connectivity index (χ1n) is 12.0. The van der Waals surface area contributed by atoms with E-state index in [1.165, 1.54) is 6.07 Å². The van der Waals surface area contributed by atoms with E-state index in [1.54, 1.807) is 24.3 Å². The Morgan fingerprint density at radius 1 is 1.18 bits per heavy atom. The van der Waals surface area contributed by atoms with Gasteiger partial charge in [0.25, 0.3) is 10.0 Å². The standard InChI is InChI=1S/C24H23F3N4O7S2/c25-24(26,27)19-11-17(29-38-19)18-4-5-21(39-18)40(35,36)30-23(22(33)34)12-16(23)14-2-1-3-15(10-14)28-20(32)13-31-6-8-37-9-7-31/h1-5,10-11,16,30H,6-9,12-13H2,(H,28,32)(H,33,34). The molecule has 16 heteroatoms. The number of anilines is 1. The molecule has 3 aromatic rings. The highest BCUT2D eigenvalue weighted by Gasteiger charge is 2.63. The number of carbonyl (C=O) groups excluding carboxylic acids is 1. The summed E-state index contributed by atoms with van der Waals surface area (Å²) in [6, 6.07) is 9.60. The van der Waals surface area contributed by atoms with Gasteiger partial charge in [-0.1, -0.05) is 17.3 Å². The summed E-state index contributed by atoms with van der Waals surface area (Å²) in [7, 11) is -4.37. The van der Waals surface area contributed by atoms with E-state index in [4.69, 9.17) is 4.74 Å². The van der Waals surface area contributed by atoms with E-state index in [9.17, 15) is 36.3 Å². The third-order valence-corrected chi connectivity index (χ3v) is 9.70. The average molecular weight is 601 g/mol. The summed E-state index contributed by atoms with van der Waals surface area (Å²) in [5.41, 5.74) is -1.08. The lowest BCUT2D eigenvalue weighted by Gasteiger charge is -2.25. The number of aromatic nitrogens is 1. The van der Waals surface area contributed by atoms with E-state index in [0.717, 1.165) is 6.07 Å². The lowest BCUT2D eigenvalue weighted by atomic mass is 10.1. The predicted molar refractivity (Wildman–Crippen MR) is 135 cm³/mol. The van der Waals surface area contributed by atoms with Crippen molar-refractivity contribution in [1.29, 1.82) is 0 Å². The summed E-state index contributed by atoms with van der Waals surface area (Å²) in [5, 5.41) is 16.1. The van der Waals surface area contributed by atoms with Crippen molar-refractivity contribution < 1.29 is 45.5 Å². The molecule has 40 heavy (non-hydrogen) atoms. The molecule has 214 valence electrons. The molecular weight excluding hydrogens is 577 g/mol. The molecule has 1 aliphatic heterocycles. The van der Waals surface area contributed by atoms with Gasteiger partial charge in [0.1, 0.15) is 15.4 Å². The van der Waals surface area contributed by atoms with Crippen LogP contribution in [-0.4, -0.2) is 73.8 Å². The number of thiophene rings is 1. The molecule has 1 aliphatic carbocycles. The zero-order valence-electron chi connectivity index (χ0n) is 20.6. The highest BCUT2D eigenvalue weighted by molar-refractivity contribution is 7.91. The second kappa shape index (κ2) is 10.6. The van der Waals surface area contributed by atoms with E-state index in [-0.39, 0.29) is 33.7 Å². The molecule has 0 spiro atoms. The van der Waals surface area contributed by atoms with Crippen molar-refractivity contribution in [3.8, 4) is 10.6 Å². The summed E-state index contributed by atoms with van der Waals surface area (Å²) < 4.78 is 76.2. The molecule has 11 nitrogen and oxygen atoms in total. The lowest BCUT2D eigenvalue weighted by molar-refractivity contribution is -0.155. The SMILES string of the molecule is O=C(CN1CCOCC1)Nc1cccc(C2CC2(NS(=O)(=O)c2ccc(-c3cc(C(F)(F)F)on3)s2)C(=O)O)c1. The zero-order valence-corrected chi connectivity index (χ0v) is 22.2. The van der Waals surface area contributed by atoms with Gasteiger partial charge in [-0.2, -0.15) is 17.9 Å². The van der Waals surface area contributed by atoms with Crippen LogP contribution in [0.25, 0.3) is 10.6 Å². The Bertz CT molecular complexity index is 1530. The Kier molecular flexibility index (Phi) is 7.47. The van der Waals surface area contributed by atoms with Gasteiger partial charge in [0, 0.05) is 30.8 Å². The van der Waals surface area contributed by atoms with E-state index in [1.807, 2.05) is 4.90 Å². The molecule has 1 amide bonds. The highest BCUT2D eigenvalue weighted by atomic mass is 32.2. The monoisotopic (exact) mass is 600 g/mol. The number of rotatable bonds is 9. The third kappa shape index (κ3) is 5.90. The number of nitrogens with one attached hydrogen (secondary N) is 2. The number of morpholine rings is 1. The number of aliphatic carboxylic acids is 1. The number of carboxylic acids is 1. The molecule has 1 aromatic carbocycles. The predicted octanol–water partition coefficient (Wildman–Crippen LogP) is 2.98. The van der Waals surface area contributed by atoms with Gasteiger partial charge in [0.15, 0.2) is 0 Å². The third-order valence-electron chi connectivity index (χ3n) is 6.59. The number of carbonyl (C=O) groups is 2. The second-order valence-electron chi connectivity index (χ2n) is 9.39. The quantitative estimate of drug-likeness (QED) is 0.337. The van der Waals surface area contributed by atoms with Crippen molar-refractivity contribution in [2.75, 3.05) is 38.2 Å². The number of benzene rings is 1. The molecule has 2 unspecified atom stereocenters. The molecule has 3 heterocycles. The molecule has 2 fully saturated rings. The first kappa shape index (κ1) is 28.2. The fraction of sp³-hybridized carbons (Fsp3) is 0.375. The number of nitrogens with zero attached hydrogens (tertiary/aromatic N) is 2. The van der Waals surface area contributed by atoms with Crippen LogP contribution in [0.5, 0.6) is 0 Å². The lowest BCUT2D eigenvalue weighted by Crippen LogP contribution is -2.44. The van der Waals surface area contributed by atoms with Gasteiger partial charge in [-0.3, -0.25) is 14.5 Å². The Morgan fingerprint density at radius 3 is 2.60 bits per heavy atom. The number of sulfonamides is 1. The van der Waals surface area contributed by atoms with Crippen LogP contribution in [0, 0.1) is 0 Å². The number of alkyl halides is 3. The van der Waals surface area contributed by atoms with Crippen LogP contribution in [0.1, 0.15) is 23.7 Å². The van der Waals surface area contributed by atoms with Gasteiger partial charge in [0.2, 0.25) is 11.7 Å². The summed E-state index contributed by atoms with van der Waals surface area (Å²) in [6.45, 7) is 2.53. The average Bonchev–Trinajstić information content (AvgIpc) is 3.24. The van der Waals surface area contributed by atoms with Crippen LogP contribution in [0.3, 0.4) is 0 Å². The molecule has 5 rings (SSSR count). The van der Waals surface area contributed by atoms with Crippen LogP contribution in [-0.2, 0) is 30.5 Å². The van der Waals surface area contributed by atoms with Crippen molar-refractivity contribution in [3.05, 3.63) is 53.8 Å². The zero-order chi connectivity index (χ0) is 28.7. The van der Waals surface area contributed by atoms with Crippen molar-refractivity contribution in [2.24, 2.45) is 0 Å². The number of carboxylic acid groups (broad SMARTS) is 1. The van der Waals surface area contributed by atoms with Crippen molar-refractivity contribution in [1.82, 2.24) is 14.8 Å². The Morgan fingerprint density at radius 2 is 1.93 bits per heavy atom. The minimum atomic E-state index is -4.75. The van der Waals surface area contributed by atoms with E-state index >= 15 is 0 Å². The topological polar surface area (TPSA) is 151 Å². The van der Waals surface area contributed by atoms with Gasteiger partial charge in [-0.15, -0.1) is 11.3 Å². The maximum atomic E-state index is 13.1. The Labute approximate surface area is 230 Å². The van der Waals surface area contributed by atoms with Crippen LogP contribution in [0.4, 0.5) is 18.9 Å². The molecule has 2 atom stereocenters. The molecule has 1 saturated carbocycles. The fourth-order valence-corrected chi connectivity index (χ4v) is 7.13. The van der Waals surface area contributed by atoms with Gasteiger partial charge in [-0.25, -0.2) is 8.42 Å². The highest BCUT2D eigenvalue weighted by Crippen LogP contribution is 2.53. The molecule has 3 N–H and O–H groups in total.